The van der Waals surface area contributed by atoms with E-state index < -0.39 is 10.0 Å². The van der Waals surface area contributed by atoms with E-state index in [1.807, 2.05) is 0 Å². The van der Waals surface area contributed by atoms with E-state index in [1.165, 1.54) is 18.9 Å². The number of hydrogen-bond acceptors (Lipinski definition) is 5. The van der Waals surface area contributed by atoms with Crippen molar-refractivity contribution in [1.29, 1.82) is 0 Å². The second kappa shape index (κ2) is 6.71. The molecule has 0 spiro atoms. The van der Waals surface area contributed by atoms with Crippen molar-refractivity contribution in [3.05, 3.63) is 17.6 Å². The highest BCUT2D eigenvalue weighted by Gasteiger charge is 2.22. The molecule has 1 aromatic heterocycles. The number of nitrogens with two attached hydrogens (primary N) is 1. The maximum atomic E-state index is 12.1. The predicted molar refractivity (Wildman–Crippen MR) is 74.7 cm³/mol. The fraction of sp³-hybridized carbons (Fsp3) is 0.692. The van der Waals surface area contributed by atoms with Crippen molar-refractivity contribution in [2.75, 3.05) is 19.8 Å². The van der Waals surface area contributed by atoms with Gasteiger partial charge in [0.25, 0.3) is 0 Å². The van der Waals surface area contributed by atoms with Gasteiger partial charge < -0.3 is 14.9 Å². The minimum atomic E-state index is -3.53. The van der Waals surface area contributed by atoms with Gasteiger partial charge in [0.2, 0.25) is 10.0 Å². The van der Waals surface area contributed by atoms with Crippen molar-refractivity contribution in [3.8, 4) is 0 Å². The van der Waals surface area contributed by atoms with Crippen LogP contribution in [-0.4, -0.2) is 28.2 Å². The molecule has 1 aliphatic rings. The highest BCUT2D eigenvalue weighted by Crippen LogP contribution is 2.28. The average Bonchev–Trinajstić information content (AvgIpc) is 3.14. The third-order valence-electron chi connectivity index (χ3n) is 3.22. The maximum Gasteiger partial charge on any atom is 0.244 e. The van der Waals surface area contributed by atoms with Gasteiger partial charge in [-0.15, -0.1) is 0 Å². The summed E-state index contributed by atoms with van der Waals surface area (Å²) in [6.45, 7) is 3.54. The van der Waals surface area contributed by atoms with Crippen LogP contribution >= 0.6 is 0 Å². The molecule has 2 rings (SSSR count). The number of ether oxygens (including phenoxy) is 1. The van der Waals surface area contributed by atoms with E-state index in [0.29, 0.717) is 31.1 Å². The van der Waals surface area contributed by atoms with E-state index in [9.17, 15) is 8.42 Å². The van der Waals surface area contributed by atoms with Gasteiger partial charge in [-0.25, -0.2) is 13.1 Å². The van der Waals surface area contributed by atoms with Gasteiger partial charge in [-0.05, 0) is 32.1 Å². The molecule has 7 heteroatoms. The SMILES string of the molecule is Cc1oc(CN)cc1S(=O)(=O)NCCCOCC1CC1. The minimum absolute atomic E-state index is 0.164. The fourth-order valence-electron chi connectivity index (χ4n) is 1.88. The van der Waals surface area contributed by atoms with Gasteiger partial charge in [-0.2, -0.15) is 0 Å². The molecule has 20 heavy (non-hydrogen) atoms. The molecule has 0 aliphatic heterocycles. The van der Waals surface area contributed by atoms with Crippen molar-refractivity contribution in [2.45, 2.75) is 37.6 Å². The van der Waals surface area contributed by atoms with Crippen LogP contribution in [0.25, 0.3) is 0 Å². The summed E-state index contributed by atoms with van der Waals surface area (Å²) in [7, 11) is -3.53. The number of furan rings is 1. The van der Waals surface area contributed by atoms with E-state index in [4.69, 9.17) is 14.9 Å². The Bertz CT molecular complexity index is 535. The molecule has 0 radical (unpaired) electrons. The van der Waals surface area contributed by atoms with Crippen LogP contribution < -0.4 is 10.5 Å². The Morgan fingerprint density at radius 3 is 2.85 bits per heavy atom. The third kappa shape index (κ3) is 4.31. The summed E-state index contributed by atoms with van der Waals surface area (Å²) >= 11 is 0. The second-order valence-electron chi connectivity index (χ2n) is 5.11. The molecule has 1 heterocycles. The Morgan fingerprint density at radius 1 is 1.50 bits per heavy atom. The molecule has 3 N–H and O–H groups in total. The first-order chi connectivity index (χ1) is 9.53. The Balaban J connectivity index is 1.75. The lowest BCUT2D eigenvalue weighted by Crippen LogP contribution is -2.25. The summed E-state index contributed by atoms with van der Waals surface area (Å²) < 4.78 is 37.4. The minimum Gasteiger partial charge on any atom is -0.464 e. The van der Waals surface area contributed by atoms with Crippen molar-refractivity contribution in [2.24, 2.45) is 11.7 Å². The summed E-state index contributed by atoms with van der Waals surface area (Å²) in [6.07, 6.45) is 3.18. The molecular formula is C13H22N2O4S. The van der Waals surface area contributed by atoms with Crippen LogP contribution in [-0.2, 0) is 21.3 Å². The number of sulfonamides is 1. The molecule has 0 bridgehead atoms. The smallest absolute Gasteiger partial charge is 0.244 e. The van der Waals surface area contributed by atoms with Crippen LogP contribution in [0.2, 0.25) is 0 Å². The van der Waals surface area contributed by atoms with Gasteiger partial charge in [-0.3, -0.25) is 0 Å². The zero-order valence-electron chi connectivity index (χ0n) is 11.7. The average molecular weight is 302 g/mol. The number of hydrogen-bond donors (Lipinski definition) is 2. The molecule has 1 fully saturated rings. The molecule has 1 aromatic rings. The summed E-state index contributed by atoms with van der Waals surface area (Å²) in [4.78, 5) is 0.164. The largest absolute Gasteiger partial charge is 0.464 e. The Kier molecular flexibility index (Phi) is 5.20. The first-order valence-electron chi connectivity index (χ1n) is 6.89. The zero-order chi connectivity index (χ0) is 14.6. The van der Waals surface area contributed by atoms with Crippen LogP contribution in [0.3, 0.4) is 0 Å². The predicted octanol–water partition coefficient (Wildman–Crippen LogP) is 1.14. The molecule has 114 valence electrons. The first-order valence-corrected chi connectivity index (χ1v) is 8.38. The highest BCUT2D eigenvalue weighted by atomic mass is 32.2. The van der Waals surface area contributed by atoms with Gasteiger partial charge in [0.1, 0.15) is 16.4 Å². The topological polar surface area (TPSA) is 94.6 Å². The highest BCUT2D eigenvalue weighted by molar-refractivity contribution is 7.89. The van der Waals surface area contributed by atoms with Gasteiger partial charge in [0.05, 0.1) is 6.54 Å². The van der Waals surface area contributed by atoms with Crippen LogP contribution in [0.5, 0.6) is 0 Å². The molecule has 1 aliphatic carbocycles. The van der Waals surface area contributed by atoms with Crippen LogP contribution in [0, 0.1) is 12.8 Å². The van der Waals surface area contributed by atoms with E-state index in [0.717, 1.165) is 12.5 Å². The number of nitrogens with one attached hydrogen (secondary N) is 1. The van der Waals surface area contributed by atoms with Gasteiger partial charge in [0.15, 0.2) is 0 Å². The molecule has 0 atom stereocenters. The summed E-state index contributed by atoms with van der Waals surface area (Å²) in [5.41, 5.74) is 5.43. The zero-order valence-corrected chi connectivity index (χ0v) is 12.5. The van der Waals surface area contributed by atoms with Crippen LogP contribution in [0.15, 0.2) is 15.4 Å². The Labute approximate surface area is 119 Å². The lowest BCUT2D eigenvalue weighted by atomic mass is 10.4. The van der Waals surface area contributed by atoms with Crippen LogP contribution in [0.1, 0.15) is 30.8 Å². The number of rotatable bonds is 9. The quantitative estimate of drug-likeness (QED) is 0.667. The molecule has 0 unspecified atom stereocenters. The molecule has 0 saturated heterocycles. The van der Waals surface area contributed by atoms with Crippen LogP contribution in [0.4, 0.5) is 0 Å². The van der Waals surface area contributed by atoms with E-state index in [-0.39, 0.29) is 11.4 Å². The Morgan fingerprint density at radius 2 is 2.25 bits per heavy atom. The maximum absolute atomic E-state index is 12.1. The van der Waals surface area contributed by atoms with Crippen molar-refractivity contribution in [1.82, 2.24) is 4.72 Å². The molecule has 0 aromatic carbocycles. The first kappa shape index (κ1) is 15.5. The third-order valence-corrected chi connectivity index (χ3v) is 4.79. The Hall–Kier alpha value is -0.890. The fourth-order valence-corrected chi connectivity index (χ4v) is 3.16. The van der Waals surface area contributed by atoms with Crippen molar-refractivity contribution >= 4 is 10.0 Å². The molecule has 0 amide bonds. The summed E-state index contributed by atoms with van der Waals surface area (Å²) in [5, 5.41) is 0. The van der Waals surface area contributed by atoms with Crippen molar-refractivity contribution in [3.63, 3.8) is 0 Å². The monoisotopic (exact) mass is 302 g/mol. The van der Waals surface area contributed by atoms with Gasteiger partial charge in [0, 0.05) is 25.8 Å². The summed E-state index contributed by atoms with van der Waals surface area (Å²) in [5.74, 6) is 1.56. The number of aryl methyl sites for hydroxylation is 1. The standard InChI is InChI=1S/C13H22N2O4S/c1-10-13(7-12(8-14)19-10)20(16,17)15-5-2-6-18-9-11-3-4-11/h7,11,15H,2-6,8-9,14H2,1H3. The second-order valence-corrected chi connectivity index (χ2v) is 6.84. The molecule has 1 saturated carbocycles. The van der Waals surface area contributed by atoms with E-state index in [2.05, 4.69) is 4.72 Å². The van der Waals surface area contributed by atoms with E-state index >= 15 is 0 Å². The molecular weight excluding hydrogens is 280 g/mol. The van der Waals surface area contributed by atoms with E-state index in [1.54, 1.807) is 6.92 Å². The summed E-state index contributed by atoms with van der Waals surface area (Å²) in [6, 6.07) is 1.47. The van der Waals surface area contributed by atoms with Gasteiger partial charge >= 0.3 is 0 Å². The normalized spacial score (nSPS) is 15.7. The van der Waals surface area contributed by atoms with Crippen molar-refractivity contribution < 1.29 is 17.6 Å². The molecule has 6 nitrogen and oxygen atoms in total. The lowest BCUT2D eigenvalue weighted by Gasteiger charge is -2.06. The van der Waals surface area contributed by atoms with Gasteiger partial charge in [-0.1, -0.05) is 0 Å². The lowest BCUT2D eigenvalue weighted by molar-refractivity contribution is 0.123.